The van der Waals surface area contributed by atoms with Crippen LogP contribution >= 0.6 is 0 Å². The maximum absolute atomic E-state index is 12.0. The van der Waals surface area contributed by atoms with E-state index in [-0.39, 0.29) is 5.56 Å². The summed E-state index contributed by atoms with van der Waals surface area (Å²) < 4.78 is 5.01. The van der Waals surface area contributed by atoms with Crippen LogP contribution < -0.4 is 10.2 Å². The lowest BCUT2D eigenvalue weighted by molar-refractivity contribution is -0.394. The summed E-state index contributed by atoms with van der Waals surface area (Å²) in [4.78, 5) is 32.0. The largest absolute Gasteiger partial charge is 0.497 e. The van der Waals surface area contributed by atoms with Gasteiger partial charge in [0.2, 0.25) is 0 Å². The van der Waals surface area contributed by atoms with E-state index in [9.17, 15) is 25.0 Å². The standard InChI is InChI=1S/C15H12N4O6/c1-25-14-4-2-10(3-5-14)9-16-17-15(20)11-6-12(18(21)22)8-13(7-11)19(23)24/h2-9H,1H3,(H,17,20)/b16-9+. The minimum Gasteiger partial charge on any atom is -0.497 e. The molecule has 0 saturated carbocycles. The number of hydrogen-bond acceptors (Lipinski definition) is 7. The molecule has 0 aliphatic heterocycles. The van der Waals surface area contributed by atoms with Crippen LogP contribution in [0.1, 0.15) is 15.9 Å². The van der Waals surface area contributed by atoms with Gasteiger partial charge in [-0.3, -0.25) is 25.0 Å². The fourth-order valence-corrected chi connectivity index (χ4v) is 1.86. The summed E-state index contributed by atoms with van der Waals surface area (Å²) in [7, 11) is 1.53. The number of non-ortho nitro benzene ring substituents is 2. The van der Waals surface area contributed by atoms with E-state index in [4.69, 9.17) is 4.74 Å². The van der Waals surface area contributed by atoms with Crippen LogP contribution in [-0.4, -0.2) is 29.1 Å². The van der Waals surface area contributed by atoms with Gasteiger partial charge >= 0.3 is 0 Å². The molecule has 1 N–H and O–H groups in total. The molecule has 0 radical (unpaired) electrons. The first-order chi connectivity index (χ1) is 11.9. The van der Waals surface area contributed by atoms with Crippen LogP contribution in [0.4, 0.5) is 11.4 Å². The monoisotopic (exact) mass is 344 g/mol. The van der Waals surface area contributed by atoms with E-state index in [1.807, 2.05) is 0 Å². The van der Waals surface area contributed by atoms with E-state index >= 15 is 0 Å². The lowest BCUT2D eigenvalue weighted by Crippen LogP contribution is -2.18. The van der Waals surface area contributed by atoms with Crippen molar-refractivity contribution in [2.75, 3.05) is 7.11 Å². The summed E-state index contributed by atoms with van der Waals surface area (Å²) in [6.07, 6.45) is 1.35. The summed E-state index contributed by atoms with van der Waals surface area (Å²) in [6, 6.07) is 9.45. The quantitative estimate of drug-likeness (QED) is 0.485. The minimum atomic E-state index is -0.815. The van der Waals surface area contributed by atoms with Gasteiger partial charge in [0.1, 0.15) is 5.75 Å². The van der Waals surface area contributed by atoms with Crippen LogP contribution in [-0.2, 0) is 0 Å². The van der Waals surface area contributed by atoms with Crippen LogP contribution in [0.5, 0.6) is 5.75 Å². The third-order valence-electron chi connectivity index (χ3n) is 3.08. The van der Waals surface area contributed by atoms with Crippen molar-refractivity contribution in [2.24, 2.45) is 5.10 Å². The summed E-state index contributed by atoms with van der Waals surface area (Å²) in [5.41, 5.74) is 1.48. The molecule has 128 valence electrons. The highest BCUT2D eigenvalue weighted by molar-refractivity contribution is 5.96. The van der Waals surface area contributed by atoms with Crippen molar-refractivity contribution >= 4 is 23.5 Å². The number of methoxy groups -OCH3 is 1. The third kappa shape index (κ3) is 4.58. The third-order valence-corrected chi connectivity index (χ3v) is 3.08. The van der Waals surface area contributed by atoms with Gasteiger partial charge in [0.05, 0.1) is 34.8 Å². The number of carbonyl (C=O) groups is 1. The molecule has 0 atom stereocenters. The topological polar surface area (TPSA) is 137 Å². The molecule has 10 heteroatoms. The molecule has 25 heavy (non-hydrogen) atoms. The molecule has 2 aromatic rings. The SMILES string of the molecule is COc1ccc(/C=N/NC(=O)c2cc([N+](=O)[O-])cc([N+](=O)[O-])c2)cc1. The van der Waals surface area contributed by atoms with E-state index in [2.05, 4.69) is 10.5 Å². The lowest BCUT2D eigenvalue weighted by Gasteiger charge is -2.01. The van der Waals surface area contributed by atoms with Gasteiger partial charge in [-0.2, -0.15) is 5.10 Å². The molecule has 0 fully saturated rings. The Bertz CT molecular complexity index is 815. The Labute approximate surface area is 141 Å². The summed E-state index contributed by atoms with van der Waals surface area (Å²) in [6.45, 7) is 0. The number of carbonyl (C=O) groups excluding carboxylic acids is 1. The van der Waals surface area contributed by atoms with Crippen molar-refractivity contribution in [1.29, 1.82) is 0 Å². The fourth-order valence-electron chi connectivity index (χ4n) is 1.86. The van der Waals surface area contributed by atoms with E-state index < -0.39 is 27.1 Å². The van der Waals surface area contributed by atoms with Gasteiger partial charge < -0.3 is 4.74 Å². The highest BCUT2D eigenvalue weighted by atomic mass is 16.6. The maximum atomic E-state index is 12.0. The Morgan fingerprint density at radius 1 is 1.08 bits per heavy atom. The highest BCUT2D eigenvalue weighted by Crippen LogP contribution is 2.22. The van der Waals surface area contributed by atoms with E-state index in [0.29, 0.717) is 11.3 Å². The predicted octanol–water partition coefficient (Wildman–Crippen LogP) is 2.28. The minimum absolute atomic E-state index is 0.243. The number of nitro groups is 2. The van der Waals surface area contributed by atoms with Crippen molar-refractivity contribution in [3.05, 3.63) is 73.8 Å². The normalized spacial score (nSPS) is 10.4. The van der Waals surface area contributed by atoms with Crippen molar-refractivity contribution in [3.63, 3.8) is 0 Å². The number of nitrogens with one attached hydrogen (secondary N) is 1. The number of rotatable bonds is 6. The smallest absolute Gasteiger partial charge is 0.277 e. The molecule has 0 heterocycles. The number of benzene rings is 2. The molecule has 0 aliphatic carbocycles. The second kappa shape index (κ2) is 7.64. The average Bonchev–Trinajstić information content (AvgIpc) is 2.61. The van der Waals surface area contributed by atoms with Gasteiger partial charge in [-0.1, -0.05) is 0 Å². The molecular formula is C15H12N4O6. The first kappa shape index (κ1) is 17.5. The van der Waals surface area contributed by atoms with Gasteiger partial charge in [0.15, 0.2) is 0 Å². The lowest BCUT2D eigenvalue weighted by atomic mass is 10.1. The fraction of sp³-hybridized carbons (Fsp3) is 0.0667. The molecule has 2 aromatic carbocycles. The molecule has 0 bridgehead atoms. The number of hydrogen-bond donors (Lipinski definition) is 1. The van der Waals surface area contributed by atoms with Gasteiger partial charge in [-0.15, -0.1) is 0 Å². The molecule has 1 amide bonds. The zero-order valence-corrected chi connectivity index (χ0v) is 12.9. The van der Waals surface area contributed by atoms with Gasteiger partial charge in [-0.05, 0) is 29.8 Å². The Kier molecular flexibility index (Phi) is 5.36. The number of nitrogens with zero attached hydrogens (tertiary/aromatic N) is 3. The Balaban J connectivity index is 2.15. The first-order valence-corrected chi connectivity index (χ1v) is 6.82. The molecule has 0 aliphatic rings. The van der Waals surface area contributed by atoms with Crippen molar-refractivity contribution in [3.8, 4) is 5.75 Å². The van der Waals surface area contributed by atoms with E-state index in [1.54, 1.807) is 24.3 Å². The Morgan fingerprint density at radius 3 is 2.12 bits per heavy atom. The molecule has 0 saturated heterocycles. The first-order valence-electron chi connectivity index (χ1n) is 6.82. The van der Waals surface area contributed by atoms with Gasteiger partial charge in [0, 0.05) is 12.1 Å². The van der Waals surface area contributed by atoms with Crippen LogP contribution in [0.25, 0.3) is 0 Å². The van der Waals surface area contributed by atoms with Crippen LogP contribution in [0, 0.1) is 20.2 Å². The summed E-state index contributed by atoms with van der Waals surface area (Å²) >= 11 is 0. The van der Waals surface area contributed by atoms with Crippen LogP contribution in [0.3, 0.4) is 0 Å². The molecule has 0 spiro atoms. The maximum Gasteiger partial charge on any atom is 0.277 e. The van der Waals surface area contributed by atoms with Crippen molar-refractivity contribution in [2.45, 2.75) is 0 Å². The van der Waals surface area contributed by atoms with Gasteiger partial charge in [0.25, 0.3) is 17.3 Å². The van der Waals surface area contributed by atoms with Crippen LogP contribution in [0.15, 0.2) is 47.6 Å². The molecule has 0 aromatic heterocycles. The number of nitro benzene ring substituents is 2. The van der Waals surface area contributed by atoms with Crippen molar-refractivity contribution < 1.29 is 19.4 Å². The molecular weight excluding hydrogens is 332 g/mol. The zero-order chi connectivity index (χ0) is 18.4. The van der Waals surface area contributed by atoms with Crippen LogP contribution in [0.2, 0.25) is 0 Å². The Hall–Kier alpha value is -3.82. The number of amides is 1. The van der Waals surface area contributed by atoms with Crippen molar-refractivity contribution in [1.82, 2.24) is 5.43 Å². The van der Waals surface area contributed by atoms with E-state index in [1.165, 1.54) is 13.3 Å². The number of ether oxygens (including phenoxy) is 1. The molecule has 2 rings (SSSR count). The van der Waals surface area contributed by atoms with E-state index in [0.717, 1.165) is 18.2 Å². The second-order valence-corrected chi connectivity index (χ2v) is 4.72. The molecule has 10 nitrogen and oxygen atoms in total. The summed E-state index contributed by atoms with van der Waals surface area (Å²) in [5.74, 6) is -0.151. The molecule has 0 unspecified atom stereocenters. The summed E-state index contributed by atoms with van der Waals surface area (Å²) in [5, 5.41) is 25.3. The Morgan fingerprint density at radius 2 is 1.64 bits per heavy atom. The predicted molar refractivity (Wildman–Crippen MR) is 87.8 cm³/mol. The average molecular weight is 344 g/mol. The van der Waals surface area contributed by atoms with Gasteiger partial charge in [-0.25, -0.2) is 5.43 Å². The zero-order valence-electron chi connectivity index (χ0n) is 12.9. The second-order valence-electron chi connectivity index (χ2n) is 4.72. The number of hydrazone groups is 1. The highest BCUT2D eigenvalue weighted by Gasteiger charge is 2.19.